The van der Waals surface area contributed by atoms with Crippen molar-refractivity contribution in [2.75, 3.05) is 37.0 Å². The van der Waals surface area contributed by atoms with E-state index in [1.54, 1.807) is 6.92 Å². The smallest absolute Gasteiger partial charge is 0.353 e. The summed E-state index contributed by atoms with van der Waals surface area (Å²) in [5.74, 6) is -0.0596. The van der Waals surface area contributed by atoms with Crippen LogP contribution < -0.4 is 10.2 Å². The molecule has 0 aromatic carbocycles. The molecule has 1 heterocycles. The lowest BCUT2D eigenvalue weighted by Gasteiger charge is -2.19. The number of nitro groups is 1. The van der Waals surface area contributed by atoms with Crippen LogP contribution in [0.2, 0.25) is 0 Å². The van der Waals surface area contributed by atoms with Crippen LogP contribution in [0.3, 0.4) is 0 Å². The minimum atomic E-state index is -0.640. The third kappa shape index (κ3) is 4.26. The van der Waals surface area contributed by atoms with Crippen molar-refractivity contribution >= 4 is 17.3 Å². The van der Waals surface area contributed by atoms with Crippen molar-refractivity contribution in [3.8, 4) is 12.1 Å². The second-order valence-electron chi connectivity index (χ2n) is 4.32. The van der Waals surface area contributed by atoms with Gasteiger partial charge in [-0.1, -0.05) is 0 Å². The number of nitrogens with zero attached hydrogens (tertiary/aromatic N) is 6. The number of nitrogens with one attached hydrogen (secondary N) is 1. The minimum Gasteiger partial charge on any atom is -0.383 e. The molecule has 0 aliphatic carbocycles. The Morgan fingerprint density at radius 3 is 2.59 bits per heavy atom. The van der Waals surface area contributed by atoms with Gasteiger partial charge in [0.1, 0.15) is 19.4 Å². The van der Waals surface area contributed by atoms with E-state index in [0.29, 0.717) is 6.61 Å². The van der Waals surface area contributed by atoms with Crippen LogP contribution in [0, 0.1) is 32.8 Å². The molecule has 1 aromatic rings. The Bertz CT molecular complexity index is 592. The Morgan fingerprint density at radius 2 is 2.09 bits per heavy atom. The Balaban J connectivity index is 3.26. The van der Waals surface area contributed by atoms with Crippen molar-refractivity contribution < 1.29 is 9.66 Å². The van der Waals surface area contributed by atoms with Gasteiger partial charge in [0.2, 0.25) is 11.6 Å². The van der Waals surface area contributed by atoms with E-state index < -0.39 is 4.92 Å². The molecule has 1 atom stereocenters. The zero-order valence-corrected chi connectivity index (χ0v) is 12.2. The molecule has 1 N–H and O–H groups in total. The van der Waals surface area contributed by atoms with Crippen LogP contribution in [-0.4, -0.2) is 47.7 Å². The predicted octanol–water partition coefficient (Wildman–Crippen LogP) is 0.685. The van der Waals surface area contributed by atoms with Crippen LogP contribution in [0.25, 0.3) is 0 Å². The lowest BCUT2D eigenvalue weighted by atomic mass is 10.3. The molecule has 10 heteroatoms. The average molecular weight is 305 g/mol. The second-order valence-corrected chi connectivity index (χ2v) is 4.32. The summed E-state index contributed by atoms with van der Waals surface area (Å²) in [7, 11) is 1.51. The van der Waals surface area contributed by atoms with Gasteiger partial charge in [0.25, 0.3) is 0 Å². The molecule has 1 aromatic heterocycles. The standard InChI is InChI=1S/C12H15N7O3/c1-9(7-22-2)17-11-10(19(20)21)12(16-8-15-11)18(5-3-13)6-4-14/h8-9H,5-7H2,1-2H3,(H,15,16,17). The lowest BCUT2D eigenvalue weighted by molar-refractivity contribution is -0.383. The summed E-state index contributed by atoms with van der Waals surface area (Å²) in [6, 6.07) is 3.48. The van der Waals surface area contributed by atoms with E-state index >= 15 is 0 Å². The highest BCUT2D eigenvalue weighted by Gasteiger charge is 2.27. The molecule has 22 heavy (non-hydrogen) atoms. The van der Waals surface area contributed by atoms with Gasteiger partial charge in [-0.25, -0.2) is 9.97 Å². The monoisotopic (exact) mass is 305 g/mol. The van der Waals surface area contributed by atoms with Gasteiger partial charge in [0, 0.05) is 13.2 Å². The van der Waals surface area contributed by atoms with Gasteiger partial charge >= 0.3 is 5.69 Å². The Hall–Kier alpha value is -2.98. The van der Waals surface area contributed by atoms with Crippen molar-refractivity contribution in [2.45, 2.75) is 13.0 Å². The van der Waals surface area contributed by atoms with Gasteiger partial charge in [0.15, 0.2) is 0 Å². The van der Waals surface area contributed by atoms with E-state index in [2.05, 4.69) is 15.3 Å². The second kappa shape index (κ2) is 8.34. The number of nitriles is 2. The predicted molar refractivity (Wildman–Crippen MR) is 77.1 cm³/mol. The molecule has 1 rings (SSSR count). The SMILES string of the molecule is COCC(C)Nc1ncnc(N(CC#N)CC#N)c1[N+](=O)[O-]. The maximum atomic E-state index is 11.4. The first-order chi connectivity index (χ1) is 10.5. The van der Waals surface area contributed by atoms with Crippen LogP contribution in [-0.2, 0) is 4.74 Å². The number of aromatic nitrogens is 2. The number of methoxy groups -OCH3 is 1. The highest BCUT2D eigenvalue weighted by atomic mass is 16.6. The normalized spacial score (nSPS) is 11.1. The average Bonchev–Trinajstić information content (AvgIpc) is 2.46. The molecule has 10 nitrogen and oxygen atoms in total. The van der Waals surface area contributed by atoms with Gasteiger partial charge in [-0.15, -0.1) is 0 Å². The first kappa shape index (κ1) is 17.1. The van der Waals surface area contributed by atoms with E-state index in [-0.39, 0.29) is 36.5 Å². The van der Waals surface area contributed by atoms with E-state index in [0.717, 1.165) is 6.33 Å². The number of ether oxygens (including phenoxy) is 1. The van der Waals surface area contributed by atoms with E-state index in [9.17, 15) is 10.1 Å². The first-order valence-corrected chi connectivity index (χ1v) is 6.28. The van der Waals surface area contributed by atoms with Gasteiger partial charge in [-0.05, 0) is 6.92 Å². The molecule has 0 aliphatic heterocycles. The summed E-state index contributed by atoms with van der Waals surface area (Å²) < 4.78 is 4.96. The first-order valence-electron chi connectivity index (χ1n) is 6.28. The third-order valence-electron chi connectivity index (χ3n) is 2.61. The number of hydrogen-bond acceptors (Lipinski definition) is 9. The van der Waals surface area contributed by atoms with Gasteiger partial charge in [-0.3, -0.25) is 10.1 Å². The summed E-state index contributed by atoms with van der Waals surface area (Å²) in [4.78, 5) is 19.7. The zero-order chi connectivity index (χ0) is 16.5. The van der Waals surface area contributed by atoms with E-state index in [1.807, 2.05) is 12.1 Å². The van der Waals surface area contributed by atoms with Crippen LogP contribution in [0.1, 0.15) is 6.92 Å². The fourth-order valence-electron chi connectivity index (χ4n) is 1.78. The van der Waals surface area contributed by atoms with Crippen LogP contribution in [0.5, 0.6) is 0 Å². The molecule has 0 bridgehead atoms. The number of anilines is 2. The van der Waals surface area contributed by atoms with Crippen LogP contribution in [0.15, 0.2) is 6.33 Å². The van der Waals surface area contributed by atoms with E-state index in [1.165, 1.54) is 12.0 Å². The van der Waals surface area contributed by atoms with Crippen molar-refractivity contribution in [2.24, 2.45) is 0 Å². The minimum absolute atomic E-state index is 0.0143. The van der Waals surface area contributed by atoms with Gasteiger partial charge in [-0.2, -0.15) is 10.5 Å². The number of rotatable bonds is 8. The van der Waals surface area contributed by atoms with Crippen molar-refractivity contribution in [3.05, 3.63) is 16.4 Å². The quantitative estimate of drug-likeness (QED) is 0.417. The van der Waals surface area contributed by atoms with Crippen LogP contribution in [0.4, 0.5) is 17.3 Å². The highest BCUT2D eigenvalue weighted by molar-refractivity contribution is 5.71. The molecule has 1 unspecified atom stereocenters. The lowest BCUT2D eigenvalue weighted by Crippen LogP contribution is -2.27. The maximum absolute atomic E-state index is 11.4. The molecular weight excluding hydrogens is 290 g/mol. The fraction of sp³-hybridized carbons (Fsp3) is 0.500. The molecular formula is C12H15N7O3. The Kier molecular flexibility index (Phi) is 6.47. The molecule has 0 fully saturated rings. The van der Waals surface area contributed by atoms with Crippen molar-refractivity contribution in [3.63, 3.8) is 0 Å². The summed E-state index contributed by atoms with van der Waals surface area (Å²) in [6.07, 6.45) is 1.14. The van der Waals surface area contributed by atoms with E-state index in [4.69, 9.17) is 15.3 Å². The summed E-state index contributed by atoms with van der Waals surface area (Å²) in [5.41, 5.74) is -0.379. The number of hydrogen-bond donors (Lipinski definition) is 1. The Morgan fingerprint density at radius 1 is 1.45 bits per heavy atom. The summed E-state index contributed by atoms with van der Waals surface area (Å²) >= 11 is 0. The molecule has 0 aliphatic rings. The third-order valence-corrected chi connectivity index (χ3v) is 2.61. The molecule has 0 saturated heterocycles. The topological polar surface area (TPSA) is 141 Å². The zero-order valence-electron chi connectivity index (χ0n) is 12.2. The molecule has 0 amide bonds. The highest BCUT2D eigenvalue weighted by Crippen LogP contribution is 2.31. The largest absolute Gasteiger partial charge is 0.383 e. The molecule has 116 valence electrons. The maximum Gasteiger partial charge on any atom is 0.353 e. The summed E-state index contributed by atoms with van der Waals surface area (Å²) in [6.45, 7) is 1.71. The van der Waals surface area contributed by atoms with Crippen LogP contribution >= 0.6 is 0 Å². The van der Waals surface area contributed by atoms with Gasteiger partial charge in [0.05, 0.1) is 23.7 Å². The van der Waals surface area contributed by atoms with Crippen molar-refractivity contribution in [1.29, 1.82) is 10.5 Å². The van der Waals surface area contributed by atoms with Crippen molar-refractivity contribution in [1.82, 2.24) is 9.97 Å². The van der Waals surface area contributed by atoms with Gasteiger partial charge < -0.3 is 15.0 Å². The molecule has 0 radical (unpaired) electrons. The summed E-state index contributed by atoms with van der Waals surface area (Å²) in [5, 5.41) is 31.8. The molecule has 0 spiro atoms. The Labute approximate surface area is 127 Å². The fourth-order valence-corrected chi connectivity index (χ4v) is 1.78. The molecule has 0 saturated carbocycles.